The maximum Gasteiger partial charge on any atom is 0.248 e. The number of nitrogens with zero attached hydrogens (tertiary/aromatic N) is 2. The molecule has 2 aromatic rings. The van der Waals surface area contributed by atoms with Gasteiger partial charge in [0.15, 0.2) is 0 Å². The SMILES string of the molecule is C=N/C=C(\C=C/C)CC(=O)N(c1cccc(F)c1)C(C(=O)NC1CCCCC1)c1ccccc1C. The average molecular weight is 476 g/mol. The predicted octanol–water partition coefficient (Wildman–Crippen LogP) is 6.21. The molecule has 6 heteroatoms. The Morgan fingerprint density at radius 2 is 1.91 bits per heavy atom. The standard InChI is InChI=1S/C29H34FN3O2/c1-4-11-22(20-31-3)18-27(34)33(25-16-10-13-23(30)19-25)28(26-17-9-8-12-21(26)2)29(35)32-24-14-6-5-7-15-24/h4,8-13,16-17,19-20,24,28H,3,5-7,14-15,18H2,1-2H3,(H,32,35)/b11-4-,22-20+. The summed E-state index contributed by atoms with van der Waals surface area (Å²) in [7, 11) is 0. The highest BCUT2D eigenvalue weighted by Gasteiger charge is 2.35. The lowest BCUT2D eigenvalue weighted by molar-refractivity contribution is -0.127. The molecule has 5 nitrogen and oxygen atoms in total. The monoisotopic (exact) mass is 475 g/mol. The fourth-order valence-corrected chi connectivity index (χ4v) is 4.62. The Labute approximate surface area is 207 Å². The van der Waals surface area contributed by atoms with E-state index in [2.05, 4.69) is 17.0 Å². The van der Waals surface area contributed by atoms with E-state index in [1.165, 1.54) is 29.7 Å². The number of hydrogen-bond donors (Lipinski definition) is 1. The maximum absolute atomic E-state index is 14.3. The van der Waals surface area contributed by atoms with E-state index in [4.69, 9.17) is 0 Å². The van der Waals surface area contributed by atoms with E-state index in [-0.39, 0.29) is 24.3 Å². The number of aryl methyl sites for hydroxylation is 1. The van der Waals surface area contributed by atoms with Gasteiger partial charge < -0.3 is 5.32 Å². The number of benzene rings is 2. The molecule has 1 aliphatic carbocycles. The van der Waals surface area contributed by atoms with E-state index < -0.39 is 11.9 Å². The van der Waals surface area contributed by atoms with E-state index in [0.717, 1.165) is 31.2 Å². The molecule has 1 N–H and O–H groups in total. The summed E-state index contributed by atoms with van der Waals surface area (Å²) in [6.07, 6.45) is 10.2. The predicted molar refractivity (Wildman–Crippen MR) is 140 cm³/mol. The summed E-state index contributed by atoms with van der Waals surface area (Å²) in [4.78, 5) is 32.9. The molecule has 2 amide bonds. The smallest absolute Gasteiger partial charge is 0.248 e. The fraction of sp³-hybridized carbons (Fsp3) is 0.345. The summed E-state index contributed by atoms with van der Waals surface area (Å²) in [5.74, 6) is -1.08. The van der Waals surface area contributed by atoms with Gasteiger partial charge in [0.05, 0.1) is 6.42 Å². The van der Waals surface area contributed by atoms with Crippen LogP contribution in [0.5, 0.6) is 0 Å². The number of halogens is 1. The van der Waals surface area contributed by atoms with Crippen LogP contribution < -0.4 is 10.2 Å². The van der Waals surface area contributed by atoms with Crippen molar-refractivity contribution in [2.24, 2.45) is 4.99 Å². The molecule has 184 valence electrons. The van der Waals surface area contributed by atoms with Gasteiger partial charge in [0.2, 0.25) is 11.8 Å². The van der Waals surface area contributed by atoms with Gasteiger partial charge in [-0.1, -0.05) is 61.7 Å². The van der Waals surface area contributed by atoms with Gasteiger partial charge in [-0.3, -0.25) is 19.5 Å². The van der Waals surface area contributed by atoms with E-state index >= 15 is 0 Å². The Hall–Kier alpha value is -3.54. The molecule has 1 aliphatic rings. The summed E-state index contributed by atoms with van der Waals surface area (Å²) in [5, 5.41) is 3.18. The van der Waals surface area contributed by atoms with Crippen LogP contribution in [0.1, 0.15) is 62.6 Å². The highest BCUT2D eigenvalue weighted by atomic mass is 19.1. The molecule has 0 aliphatic heterocycles. The maximum atomic E-state index is 14.3. The van der Waals surface area contributed by atoms with Gasteiger partial charge in [-0.25, -0.2) is 4.39 Å². The summed E-state index contributed by atoms with van der Waals surface area (Å²) >= 11 is 0. The van der Waals surface area contributed by atoms with Gasteiger partial charge in [-0.05, 0) is 68.3 Å². The number of hydrogen-bond acceptors (Lipinski definition) is 3. The van der Waals surface area contributed by atoms with Gasteiger partial charge in [-0.15, -0.1) is 0 Å². The Morgan fingerprint density at radius 3 is 2.57 bits per heavy atom. The van der Waals surface area contributed by atoms with E-state index in [0.29, 0.717) is 16.8 Å². The lowest BCUT2D eigenvalue weighted by atomic mass is 9.93. The van der Waals surface area contributed by atoms with Gasteiger partial charge in [0.25, 0.3) is 0 Å². The quantitative estimate of drug-likeness (QED) is 0.346. The van der Waals surface area contributed by atoms with Crippen LogP contribution in [0.3, 0.4) is 0 Å². The van der Waals surface area contributed by atoms with Gasteiger partial charge in [-0.2, -0.15) is 0 Å². The topological polar surface area (TPSA) is 61.8 Å². The first kappa shape index (κ1) is 26.1. The molecule has 35 heavy (non-hydrogen) atoms. The minimum absolute atomic E-state index is 0.0149. The zero-order valence-electron chi connectivity index (χ0n) is 20.5. The first-order chi connectivity index (χ1) is 16.9. The molecular weight excluding hydrogens is 441 g/mol. The molecule has 0 bridgehead atoms. The molecule has 1 saturated carbocycles. The van der Waals surface area contributed by atoms with Crippen molar-refractivity contribution in [3.8, 4) is 0 Å². The lowest BCUT2D eigenvalue weighted by Gasteiger charge is -2.34. The first-order valence-corrected chi connectivity index (χ1v) is 12.2. The van der Waals surface area contributed by atoms with Crippen molar-refractivity contribution in [2.45, 2.75) is 64.5 Å². The van der Waals surface area contributed by atoms with E-state index in [1.54, 1.807) is 18.2 Å². The normalized spacial score (nSPS) is 15.6. The highest BCUT2D eigenvalue weighted by molar-refractivity contribution is 6.02. The Morgan fingerprint density at radius 1 is 1.17 bits per heavy atom. The number of anilines is 1. The van der Waals surface area contributed by atoms with Crippen LogP contribution in [-0.2, 0) is 9.59 Å². The molecule has 0 aromatic heterocycles. The Balaban J connectivity index is 2.10. The largest absolute Gasteiger partial charge is 0.351 e. The zero-order chi connectivity index (χ0) is 25.2. The molecule has 0 heterocycles. The Kier molecular flexibility index (Phi) is 9.53. The van der Waals surface area contributed by atoms with Crippen LogP contribution in [-0.4, -0.2) is 24.6 Å². The van der Waals surface area contributed by atoms with Crippen LogP contribution in [0.15, 0.2) is 77.4 Å². The number of aliphatic imine (C=N–C) groups is 1. The van der Waals surface area contributed by atoms with Crippen molar-refractivity contribution >= 4 is 24.2 Å². The number of carbonyl (C=O) groups excluding carboxylic acids is 2. The van der Waals surface area contributed by atoms with Crippen molar-refractivity contribution in [1.82, 2.24) is 5.32 Å². The number of amides is 2. The second-order valence-electron chi connectivity index (χ2n) is 8.91. The van der Waals surface area contributed by atoms with Crippen LogP contribution in [0.2, 0.25) is 0 Å². The van der Waals surface area contributed by atoms with Crippen molar-refractivity contribution < 1.29 is 14.0 Å². The third kappa shape index (κ3) is 6.98. The molecule has 0 radical (unpaired) electrons. The van der Waals surface area contributed by atoms with E-state index in [1.807, 2.05) is 44.2 Å². The molecule has 0 saturated heterocycles. The van der Waals surface area contributed by atoms with Crippen molar-refractivity contribution in [3.05, 3.63) is 89.4 Å². The minimum atomic E-state index is -0.948. The van der Waals surface area contributed by atoms with Crippen LogP contribution in [0.4, 0.5) is 10.1 Å². The molecule has 1 atom stereocenters. The van der Waals surface area contributed by atoms with Crippen molar-refractivity contribution in [3.63, 3.8) is 0 Å². The first-order valence-electron chi connectivity index (χ1n) is 12.2. The average Bonchev–Trinajstić information content (AvgIpc) is 2.84. The number of rotatable bonds is 9. The third-order valence-electron chi connectivity index (χ3n) is 6.29. The summed E-state index contributed by atoms with van der Waals surface area (Å²) < 4.78 is 14.3. The second kappa shape index (κ2) is 12.8. The zero-order valence-corrected chi connectivity index (χ0v) is 20.5. The fourth-order valence-electron chi connectivity index (χ4n) is 4.62. The van der Waals surface area contributed by atoms with Gasteiger partial charge >= 0.3 is 0 Å². The highest BCUT2D eigenvalue weighted by Crippen LogP contribution is 2.32. The molecule has 0 spiro atoms. The Bertz CT molecular complexity index is 1100. The molecular formula is C29H34FN3O2. The van der Waals surface area contributed by atoms with Gasteiger partial charge in [0, 0.05) is 17.9 Å². The summed E-state index contributed by atoms with van der Waals surface area (Å²) in [6, 6.07) is 12.5. The number of allylic oxidation sites excluding steroid dienone is 2. The third-order valence-corrected chi connectivity index (χ3v) is 6.29. The molecule has 2 aromatic carbocycles. The van der Waals surface area contributed by atoms with Crippen LogP contribution >= 0.6 is 0 Å². The minimum Gasteiger partial charge on any atom is -0.351 e. The molecule has 3 rings (SSSR count). The molecule has 1 unspecified atom stereocenters. The lowest BCUT2D eigenvalue weighted by Crippen LogP contribution is -2.47. The summed E-state index contributed by atoms with van der Waals surface area (Å²) in [5.41, 5.74) is 2.55. The van der Waals surface area contributed by atoms with Crippen LogP contribution in [0, 0.1) is 12.7 Å². The van der Waals surface area contributed by atoms with Crippen molar-refractivity contribution in [2.75, 3.05) is 4.90 Å². The van der Waals surface area contributed by atoms with Crippen molar-refractivity contribution in [1.29, 1.82) is 0 Å². The van der Waals surface area contributed by atoms with E-state index in [9.17, 15) is 14.0 Å². The van der Waals surface area contributed by atoms with Gasteiger partial charge in [0.1, 0.15) is 11.9 Å². The number of carbonyl (C=O) groups is 2. The molecule has 1 fully saturated rings. The number of nitrogens with one attached hydrogen (secondary N) is 1. The van der Waals surface area contributed by atoms with Crippen LogP contribution in [0.25, 0.3) is 0 Å². The second-order valence-corrected chi connectivity index (χ2v) is 8.91. The summed E-state index contributed by atoms with van der Waals surface area (Å²) in [6.45, 7) is 7.25.